The Morgan fingerprint density at radius 1 is 0.449 bits per heavy atom. The van der Waals surface area contributed by atoms with E-state index in [4.69, 9.17) is 14.4 Å². The molecule has 4 heteroatoms. The molecule has 0 fully saturated rings. The van der Waals surface area contributed by atoms with Crippen LogP contribution in [0.2, 0.25) is 0 Å². The Hall–Kier alpha value is -6.83. The maximum Gasteiger partial charge on any atom is 0.160 e. The number of hydrogen-bond acceptors (Lipinski definition) is 4. The van der Waals surface area contributed by atoms with E-state index in [0.717, 1.165) is 72.3 Å². The van der Waals surface area contributed by atoms with E-state index < -0.39 is 0 Å². The first-order valence-corrected chi connectivity index (χ1v) is 16.2. The monoisotopic (exact) mass is 625 g/mol. The number of hydrogen-bond donors (Lipinski definition) is 0. The summed E-state index contributed by atoms with van der Waals surface area (Å²) in [5, 5.41) is 14.0. The zero-order valence-electron chi connectivity index (χ0n) is 26.3. The van der Waals surface area contributed by atoms with Gasteiger partial charge >= 0.3 is 0 Å². The molecule has 0 saturated carbocycles. The van der Waals surface area contributed by atoms with E-state index in [0.29, 0.717) is 11.4 Å². The maximum absolute atomic E-state index is 9.41. The van der Waals surface area contributed by atoms with Crippen LogP contribution in [0.25, 0.3) is 88.9 Å². The first-order chi connectivity index (χ1) is 24.2. The molecule has 0 aliphatic carbocycles. The molecular weight excluding hydrogens is 599 g/mol. The molecule has 0 atom stereocenters. The molecule has 0 aliphatic rings. The van der Waals surface area contributed by atoms with Crippen molar-refractivity contribution in [3.05, 3.63) is 169 Å². The van der Waals surface area contributed by atoms with Gasteiger partial charge in [-0.2, -0.15) is 5.26 Å². The molecule has 0 radical (unpaired) electrons. The number of aromatic nitrogens is 2. The molecule has 7 aromatic carbocycles. The van der Waals surface area contributed by atoms with Gasteiger partial charge in [-0.25, -0.2) is 9.97 Å². The van der Waals surface area contributed by atoms with Gasteiger partial charge in [0.15, 0.2) is 5.82 Å². The quantitative estimate of drug-likeness (QED) is 0.191. The molecule has 2 heterocycles. The molecule has 9 aromatic rings. The minimum absolute atomic E-state index is 0.605. The van der Waals surface area contributed by atoms with Crippen molar-refractivity contribution in [1.29, 1.82) is 5.26 Å². The van der Waals surface area contributed by atoms with Gasteiger partial charge in [-0.05, 0) is 76.0 Å². The second-order valence-electron chi connectivity index (χ2n) is 12.2. The molecule has 2 aromatic heterocycles. The van der Waals surface area contributed by atoms with Crippen LogP contribution in [0.15, 0.2) is 168 Å². The molecule has 4 nitrogen and oxygen atoms in total. The van der Waals surface area contributed by atoms with Crippen molar-refractivity contribution in [2.75, 3.05) is 0 Å². The third-order valence-electron chi connectivity index (χ3n) is 9.09. The van der Waals surface area contributed by atoms with Crippen LogP contribution < -0.4 is 0 Å². The first-order valence-electron chi connectivity index (χ1n) is 16.2. The lowest BCUT2D eigenvalue weighted by molar-refractivity contribution is 0.670. The Kier molecular flexibility index (Phi) is 6.81. The number of para-hydroxylation sites is 2. The van der Waals surface area contributed by atoms with Gasteiger partial charge in [0.1, 0.15) is 11.2 Å². The third kappa shape index (κ3) is 5.20. The second kappa shape index (κ2) is 11.8. The zero-order valence-corrected chi connectivity index (χ0v) is 26.3. The summed E-state index contributed by atoms with van der Waals surface area (Å²) in [5.74, 6) is 0.634. The highest BCUT2D eigenvalue weighted by Gasteiger charge is 2.17. The molecule has 0 bridgehead atoms. The summed E-state index contributed by atoms with van der Waals surface area (Å²) in [4.78, 5) is 10.2. The second-order valence-corrected chi connectivity index (χ2v) is 12.2. The number of rotatable bonds is 5. The molecule has 0 saturated heterocycles. The Morgan fingerprint density at radius 2 is 1.12 bits per heavy atom. The van der Waals surface area contributed by atoms with Crippen LogP contribution in [0.1, 0.15) is 5.56 Å². The zero-order chi connectivity index (χ0) is 32.7. The average molecular weight is 626 g/mol. The van der Waals surface area contributed by atoms with Crippen LogP contribution in [0.3, 0.4) is 0 Å². The summed E-state index contributed by atoms with van der Waals surface area (Å²) in [5.41, 5.74) is 11.0. The van der Waals surface area contributed by atoms with E-state index in [9.17, 15) is 5.26 Å². The number of nitrogens with zero attached hydrogens (tertiary/aromatic N) is 3. The van der Waals surface area contributed by atoms with E-state index in [1.807, 2.05) is 78.9 Å². The predicted octanol–water partition coefficient (Wildman–Crippen LogP) is 11.7. The Balaban J connectivity index is 1.30. The Morgan fingerprint density at radius 3 is 1.96 bits per heavy atom. The number of benzene rings is 7. The molecule has 0 unspecified atom stereocenters. The highest BCUT2D eigenvalue weighted by atomic mass is 16.3. The molecule has 0 aliphatic heterocycles. The summed E-state index contributed by atoms with van der Waals surface area (Å²) in [6.07, 6.45) is 0. The van der Waals surface area contributed by atoms with Crippen molar-refractivity contribution in [3.8, 4) is 62.2 Å². The molecule has 228 valence electrons. The van der Waals surface area contributed by atoms with E-state index in [1.165, 1.54) is 10.8 Å². The summed E-state index contributed by atoms with van der Waals surface area (Å²) in [6, 6.07) is 58.1. The van der Waals surface area contributed by atoms with Crippen molar-refractivity contribution in [1.82, 2.24) is 9.97 Å². The first kappa shape index (κ1) is 28.4. The van der Waals surface area contributed by atoms with E-state index in [2.05, 4.69) is 91.0 Å². The predicted molar refractivity (Wildman–Crippen MR) is 199 cm³/mol. The lowest BCUT2D eigenvalue weighted by Gasteiger charge is -2.14. The van der Waals surface area contributed by atoms with Gasteiger partial charge in [-0.3, -0.25) is 0 Å². The van der Waals surface area contributed by atoms with Gasteiger partial charge in [0.05, 0.1) is 23.0 Å². The highest BCUT2D eigenvalue weighted by Crippen LogP contribution is 2.40. The average Bonchev–Trinajstić information content (AvgIpc) is 3.57. The smallest absolute Gasteiger partial charge is 0.160 e. The van der Waals surface area contributed by atoms with E-state index in [1.54, 1.807) is 0 Å². The van der Waals surface area contributed by atoms with Crippen molar-refractivity contribution in [3.63, 3.8) is 0 Å². The van der Waals surface area contributed by atoms with E-state index >= 15 is 0 Å². The summed E-state index contributed by atoms with van der Waals surface area (Å²) < 4.78 is 6.51. The van der Waals surface area contributed by atoms with Gasteiger partial charge in [0.2, 0.25) is 0 Å². The normalized spacial score (nSPS) is 11.2. The topological polar surface area (TPSA) is 62.7 Å². The van der Waals surface area contributed by atoms with Crippen LogP contribution in [0.4, 0.5) is 0 Å². The van der Waals surface area contributed by atoms with Crippen molar-refractivity contribution in [2.24, 2.45) is 0 Å². The van der Waals surface area contributed by atoms with E-state index in [-0.39, 0.29) is 0 Å². The van der Waals surface area contributed by atoms with Crippen LogP contribution in [-0.4, -0.2) is 9.97 Å². The lowest BCUT2D eigenvalue weighted by Crippen LogP contribution is -1.96. The van der Waals surface area contributed by atoms with Crippen LogP contribution in [0.5, 0.6) is 0 Å². The van der Waals surface area contributed by atoms with Crippen molar-refractivity contribution < 1.29 is 4.42 Å². The van der Waals surface area contributed by atoms with Gasteiger partial charge in [0, 0.05) is 33.0 Å². The fraction of sp³-hybridized carbons (Fsp3) is 0. The standard InChI is InChI=1S/C45H27N3O/c46-28-29-17-19-31(20-18-29)41-27-42(48-45(47-41)32-10-2-1-3-11-32)37-25-35(34-22-21-30-9-4-5-12-33(30)23-34)24-36(26-37)38-14-8-15-40-39-13-6-7-16-43(39)49-44(38)40/h1-27H. The van der Waals surface area contributed by atoms with Crippen molar-refractivity contribution >= 4 is 32.7 Å². The van der Waals surface area contributed by atoms with Crippen LogP contribution >= 0.6 is 0 Å². The minimum atomic E-state index is 0.605. The summed E-state index contributed by atoms with van der Waals surface area (Å²) in [7, 11) is 0. The highest BCUT2D eigenvalue weighted by molar-refractivity contribution is 6.10. The lowest BCUT2D eigenvalue weighted by atomic mass is 9.93. The molecule has 0 spiro atoms. The number of fused-ring (bicyclic) bond motifs is 4. The molecule has 49 heavy (non-hydrogen) atoms. The van der Waals surface area contributed by atoms with Crippen LogP contribution in [-0.2, 0) is 0 Å². The third-order valence-corrected chi connectivity index (χ3v) is 9.09. The maximum atomic E-state index is 9.41. The summed E-state index contributed by atoms with van der Waals surface area (Å²) in [6.45, 7) is 0. The van der Waals surface area contributed by atoms with Gasteiger partial charge in [-0.1, -0.05) is 115 Å². The molecule has 0 amide bonds. The SMILES string of the molecule is N#Cc1ccc(-c2cc(-c3cc(-c4ccc5ccccc5c4)cc(-c4cccc5c4oc4ccccc45)c3)nc(-c3ccccc3)n2)cc1. The molecule has 0 N–H and O–H groups in total. The minimum Gasteiger partial charge on any atom is -0.455 e. The van der Waals surface area contributed by atoms with Crippen LogP contribution in [0, 0.1) is 11.3 Å². The Bertz CT molecular complexity index is 2720. The summed E-state index contributed by atoms with van der Waals surface area (Å²) >= 11 is 0. The molecular formula is C45H27N3O. The van der Waals surface area contributed by atoms with Gasteiger partial charge < -0.3 is 4.42 Å². The van der Waals surface area contributed by atoms with Gasteiger partial charge in [0.25, 0.3) is 0 Å². The molecule has 9 rings (SSSR count). The number of furan rings is 1. The fourth-order valence-corrected chi connectivity index (χ4v) is 6.62. The number of nitriles is 1. The largest absolute Gasteiger partial charge is 0.455 e. The van der Waals surface area contributed by atoms with Crippen molar-refractivity contribution in [2.45, 2.75) is 0 Å². The Labute approximate surface area is 283 Å². The fourth-order valence-electron chi connectivity index (χ4n) is 6.62. The van der Waals surface area contributed by atoms with Gasteiger partial charge in [-0.15, -0.1) is 0 Å².